The van der Waals surface area contributed by atoms with Crippen LogP contribution in [0.2, 0.25) is 0 Å². The molecule has 3 atom stereocenters. The lowest BCUT2D eigenvalue weighted by Crippen LogP contribution is -2.44. The first-order chi connectivity index (χ1) is 8.63. The van der Waals surface area contributed by atoms with E-state index in [4.69, 9.17) is 15.0 Å². The number of rotatable bonds is 4. The first-order valence-corrected chi connectivity index (χ1v) is 6.50. The lowest BCUT2D eigenvalue weighted by Gasteiger charge is -2.37. The summed E-state index contributed by atoms with van der Waals surface area (Å²) in [6, 6.07) is 0.530. The Balaban J connectivity index is 2.13. The highest BCUT2D eigenvalue weighted by molar-refractivity contribution is 5.32. The lowest BCUT2D eigenvalue weighted by molar-refractivity contribution is 0.166. The van der Waals surface area contributed by atoms with Crippen molar-refractivity contribution in [2.45, 2.75) is 51.2 Å². The zero-order chi connectivity index (χ0) is 13.1. The summed E-state index contributed by atoms with van der Waals surface area (Å²) in [7, 11) is 1.60. The Hall–Kier alpha value is -1.14. The molecule has 1 fully saturated rings. The van der Waals surface area contributed by atoms with E-state index >= 15 is 0 Å². The minimum atomic E-state index is -0.355. The molecule has 0 spiro atoms. The highest BCUT2D eigenvalue weighted by Crippen LogP contribution is 2.27. The molecule has 1 aliphatic rings. The maximum absolute atomic E-state index is 5.88. The van der Waals surface area contributed by atoms with Gasteiger partial charge in [0.1, 0.15) is 6.04 Å². The molecule has 1 aromatic heterocycles. The zero-order valence-corrected chi connectivity index (χ0v) is 11.3. The molecule has 0 aromatic carbocycles. The fourth-order valence-electron chi connectivity index (χ4n) is 2.55. The third-order valence-electron chi connectivity index (χ3n) is 3.52. The smallest absolute Gasteiger partial charge is 0.266 e. The van der Waals surface area contributed by atoms with Gasteiger partial charge in [0.25, 0.3) is 5.95 Å². The molecule has 102 valence electrons. The topological polar surface area (TPSA) is 77.4 Å². The molecule has 1 saturated heterocycles. The van der Waals surface area contributed by atoms with E-state index in [1.54, 1.807) is 7.11 Å². The van der Waals surface area contributed by atoms with Gasteiger partial charge in [0.15, 0.2) is 0 Å². The van der Waals surface area contributed by atoms with Gasteiger partial charge in [0, 0.05) is 19.2 Å². The largest absolute Gasteiger partial charge is 0.383 e. The van der Waals surface area contributed by atoms with E-state index in [1.165, 1.54) is 19.3 Å². The lowest BCUT2D eigenvalue weighted by atomic mass is 9.98. The number of methoxy groups -OCH3 is 1. The molecular weight excluding hydrogens is 232 g/mol. The maximum atomic E-state index is 5.88. The minimum Gasteiger partial charge on any atom is -0.383 e. The fourth-order valence-corrected chi connectivity index (χ4v) is 2.55. The summed E-state index contributed by atoms with van der Waals surface area (Å²) >= 11 is 0. The predicted molar refractivity (Wildman–Crippen MR) is 68.4 cm³/mol. The van der Waals surface area contributed by atoms with E-state index in [9.17, 15) is 0 Å². The summed E-state index contributed by atoms with van der Waals surface area (Å²) in [6.45, 7) is 4.77. The second-order valence-electron chi connectivity index (χ2n) is 5.03. The molecule has 2 rings (SSSR count). The van der Waals surface area contributed by atoms with Crippen LogP contribution in [0.15, 0.2) is 4.52 Å². The van der Waals surface area contributed by atoms with Crippen molar-refractivity contribution >= 4 is 5.95 Å². The molecule has 2 heterocycles. The van der Waals surface area contributed by atoms with Gasteiger partial charge in [-0.3, -0.25) is 0 Å². The van der Waals surface area contributed by atoms with E-state index in [2.05, 4.69) is 28.9 Å². The Kier molecular flexibility index (Phi) is 4.19. The number of hydrogen-bond donors (Lipinski definition) is 1. The van der Waals surface area contributed by atoms with Crippen molar-refractivity contribution in [3.8, 4) is 0 Å². The maximum Gasteiger partial charge on any atom is 0.266 e. The molecule has 1 aliphatic heterocycles. The van der Waals surface area contributed by atoms with Crippen LogP contribution in [-0.4, -0.2) is 35.9 Å². The second-order valence-corrected chi connectivity index (χ2v) is 5.03. The van der Waals surface area contributed by atoms with Gasteiger partial charge < -0.3 is 19.9 Å². The Morgan fingerprint density at radius 1 is 1.44 bits per heavy atom. The third kappa shape index (κ3) is 2.64. The number of anilines is 1. The predicted octanol–water partition coefficient (Wildman–Crippen LogP) is 1.48. The van der Waals surface area contributed by atoms with Gasteiger partial charge in [-0.15, -0.1) is 0 Å². The molecule has 0 amide bonds. The van der Waals surface area contributed by atoms with Crippen LogP contribution in [-0.2, 0) is 4.74 Å². The molecule has 0 radical (unpaired) electrons. The van der Waals surface area contributed by atoms with Gasteiger partial charge in [-0.2, -0.15) is 4.98 Å². The molecule has 6 heteroatoms. The summed E-state index contributed by atoms with van der Waals surface area (Å²) in [5.74, 6) is 1.09. The summed E-state index contributed by atoms with van der Waals surface area (Å²) in [5, 5.41) is 4.05. The van der Waals surface area contributed by atoms with E-state index < -0.39 is 0 Å². The summed E-state index contributed by atoms with van der Waals surface area (Å²) in [4.78, 5) is 6.61. The number of nitrogens with two attached hydrogens (primary N) is 1. The summed E-state index contributed by atoms with van der Waals surface area (Å²) in [6.07, 6.45) is 3.59. The number of nitrogens with zero attached hydrogens (tertiary/aromatic N) is 3. The van der Waals surface area contributed by atoms with Crippen LogP contribution < -0.4 is 10.6 Å². The van der Waals surface area contributed by atoms with Crippen LogP contribution >= 0.6 is 0 Å². The van der Waals surface area contributed by atoms with Crippen molar-refractivity contribution in [2.75, 3.05) is 18.6 Å². The number of hydrogen-bond acceptors (Lipinski definition) is 6. The van der Waals surface area contributed by atoms with Gasteiger partial charge in [0.05, 0.1) is 6.61 Å². The zero-order valence-electron chi connectivity index (χ0n) is 11.3. The van der Waals surface area contributed by atoms with E-state index in [-0.39, 0.29) is 6.04 Å². The molecule has 2 N–H and O–H groups in total. The molecular formula is C12H22N4O2. The molecule has 18 heavy (non-hydrogen) atoms. The van der Waals surface area contributed by atoms with Crippen LogP contribution in [0.3, 0.4) is 0 Å². The van der Waals surface area contributed by atoms with Crippen LogP contribution in [0.4, 0.5) is 5.95 Å². The Bertz CT molecular complexity index is 372. The highest BCUT2D eigenvalue weighted by Gasteiger charge is 2.29. The monoisotopic (exact) mass is 254 g/mol. The molecule has 1 aromatic rings. The Morgan fingerprint density at radius 2 is 2.11 bits per heavy atom. The quantitative estimate of drug-likeness (QED) is 0.877. The van der Waals surface area contributed by atoms with E-state index in [0.717, 1.165) is 0 Å². The van der Waals surface area contributed by atoms with Crippen molar-refractivity contribution in [3.05, 3.63) is 5.89 Å². The molecule has 6 nitrogen and oxygen atoms in total. The average molecular weight is 254 g/mol. The standard InChI is InChI=1S/C12H22N4O2/c1-8-5-4-6-9(2)16(8)12-14-11(18-15-12)10(13)7-17-3/h8-10H,4-7,13H2,1-3H3/t8-,9+,10?. The second kappa shape index (κ2) is 5.67. The van der Waals surface area contributed by atoms with Gasteiger partial charge in [-0.05, 0) is 38.3 Å². The van der Waals surface area contributed by atoms with Crippen LogP contribution in [0.1, 0.15) is 45.0 Å². The average Bonchev–Trinajstić information content (AvgIpc) is 2.78. The van der Waals surface area contributed by atoms with E-state index in [0.29, 0.717) is 30.5 Å². The Labute approximate surface area is 107 Å². The van der Waals surface area contributed by atoms with Crippen molar-refractivity contribution in [3.63, 3.8) is 0 Å². The van der Waals surface area contributed by atoms with Gasteiger partial charge >= 0.3 is 0 Å². The van der Waals surface area contributed by atoms with Gasteiger partial charge in [-0.25, -0.2) is 0 Å². The summed E-state index contributed by atoms with van der Waals surface area (Å²) in [5.41, 5.74) is 5.88. The minimum absolute atomic E-state index is 0.355. The van der Waals surface area contributed by atoms with Crippen molar-refractivity contribution in [1.29, 1.82) is 0 Å². The molecule has 1 unspecified atom stereocenters. The van der Waals surface area contributed by atoms with Gasteiger partial charge in [0.2, 0.25) is 5.89 Å². The van der Waals surface area contributed by atoms with E-state index in [1.807, 2.05) is 0 Å². The Morgan fingerprint density at radius 3 is 2.72 bits per heavy atom. The van der Waals surface area contributed by atoms with Crippen LogP contribution in [0.5, 0.6) is 0 Å². The number of piperidine rings is 1. The molecule has 0 saturated carbocycles. The van der Waals surface area contributed by atoms with Crippen molar-refractivity contribution < 1.29 is 9.26 Å². The molecule has 0 bridgehead atoms. The normalized spacial score (nSPS) is 26.3. The number of ether oxygens (including phenoxy) is 1. The first-order valence-electron chi connectivity index (χ1n) is 6.50. The number of aromatic nitrogens is 2. The van der Waals surface area contributed by atoms with Crippen molar-refractivity contribution in [1.82, 2.24) is 10.1 Å². The van der Waals surface area contributed by atoms with Crippen LogP contribution in [0.25, 0.3) is 0 Å². The highest BCUT2D eigenvalue weighted by atomic mass is 16.5. The van der Waals surface area contributed by atoms with Gasteiger partial charge in [-0.1, -0.05) is 0 Å². The van der Waals surface area contributed by atoms with Crippen molar-refractivity contribution in [2.24, 2.45) is 5.73 Å². The third-order valence-corrected chi connectivity index (χ3v) is 3.52. The SMILES string of the molecule is COCC(N)c1nc(N2[C@H](C)CCC[C@@H]2C)no1. The van der Waals surface area contributed by atoms with Crippen LogP contribution in [0, 0.1) is 0 Å². The first kappa shape index (κ1) is 13.3. The fraction of sp³-hybridized carbons (Fsp3) is 0.833. The molecule has 0 aliphatic carbocycles. The summed E-state index contributed by atoms with van der Waals surface area (Å²) < 4.78 is 10.2.